The maximum Gasteiger partial charge on any atom is 0.0671 e. The molecule has 18 heavy (non-hydrogen) atoms. The van der Waals surface area contributed by atoms with Crippen molar-refractivity contribution in [2.45, 2.75) is 45.1 Å². The van der Waals surface area contributed by atoms with Gasteiger partial charge in [-0.15, -0.1) is 0 Å². The molecule has 0 amide bonds. The summed E-state index contributed by atoms with van der Waals surface area (Å²) < 4.78 is 0. The Kier molecular flexibility index (Phi) is 3.22. The smallest absolute Gasteiger partial charge is 0.0671 e. The number of fused-ring (bicyclic) bond motifs is 1. The Morgan fingerprint density at radius 3 is 3.11 bits per heavy atom. The van der Waals surface area contributed by atoms with Gasteiger partial charge in [0.2, 0.25) is 0 Å². The average Bonchev–Trinajstić information content (AvgIpc) is 2.76. The number of anilines is 1. The summed E-state index contributed by atoms with van der Waals surface area (Å²) in [5.74, 6) is 0.890. The van der Waals surface area contributed by atoms with Gasteiger partial charge in [0.1, 0.15) is 0 Å². The molecule has 3 heteroatoms. The number of H-pyrrole nitrogens is 1. The minimum atomic E-state index is 0.621. The van der Waals surface area contributed by atoms with Crippen LogP contribution < -0.4 is 5.32 Å². The van der Waals surface area contributed by atoms with Gasteiger partial charge >= 0.3 is 0 Å². The summed E-state index contributed by atoms with van der Waals surface area (Å²) in [5.41, 5.74) is 2.34. The Hall–Kier alpha value is -1.51. The van der Waals surface area contributed by atoms with Crippen LogP contribution in [0.15, 0.2) is 24.4 Å². The summed E-state index contributed by atoms with van der Waals surface area (Å²) in [7, 11) is 0. The minimum Gasteiger partial charge on any atom is -0.382 e. The number of rotatable bonds is 2. The highest BCUT2D eigenvalue weighted by Gasteiger charge is 2.16. The maximum absolute atomic E-state index is 4.12. The zero-order valence-electron chi connectivity index (χ0n) is 10.9. The summed E-state index contributed by atoms with van der Waals surface area (Å²) in [6.07, 6.45) is 8.57. The van der Waals surface area contributed by atoms with Crippen LogP contribution in [0.5, 0.6) is 0 Å². The quantitative estimate of drug-likeness (QED) is 0.784. The van der Waals surface area contributed by atoms with Crippen LogP contribution in [-0.4, -0.2) is 16.2 Å². The standard InChI is InChI=1S/C15H21N3/c1-11-4-2-5-12(9-8-11)17-14-6-3-7-15-13(14)10-16-18-15/h3,6-7,10-12,17H,2,4-5,8-9H2,1H3,(H,16,18). The predicted octanol–water partition coefficient (Wildman–Crippen LogP) is 3.94. The third-order valence-corrected chi connectivity index (χ3v) is 4.10. The lowest BCUT2D eigenvalue weighted by molar-refractivity contribution is 0.502. The van der Waals surface area contributed by atoms with E-state index in [9.17, 15) is 0 Å². The topological polar surface area (TPSA) is 40.7 Å². The largest absolute Gasteiger partial charge is 0.382 e. The number of hydrogen-bond donors (Lipinski definition) is 2. The zero-order valence-corrected chi connectivity index (χ0v) is 10.9. The van der Waals surface area contributed by atoms with Gasteiger partial charge in [-0.2, -0.15) is 5.10 Å². The predicted molar refractivity (Wildman–Crippen MR) is 75.8 cm³/mol. The first-order valence-corrected chi connectivity index (χ1v) is 7.01. The molecule has 96 valence electrons. The van der Waals surface area contributed by atoms with Gasteiger partial charge in [-0.3, -0.25) is 5.10 Å². The molecule has 0 aliphatic heterocycles. The second-order valence-corrected chi connectivity index (χ2v) is 5.59. The van der Waals surface area contributed by atoms with Crippen molar-refractivity contribution in [3.63, 3.8) is 0 Å². The lowest BCUT2D eigenvalue weighted by atomic mass is 10.0. The summed E-state index contributed by atoms with van der Waals surface area (Å²) in [4.78, 5) is 0. The number of aromatic amines is 1. The third-order valence-electron chi connectivity index (χ3n) is 4.10. The molecule has 2 unspecified atom stereocenters. The van der Waals surface area contributed by atoms with Crippen molar-refractivity contribution >= 4 is 16.6 Å². The van der Waals surface area contributed by atoms with Gasteiger partial charge in [-0.05, 0) is 37.3 Å². The van der Waals surface area contributed by atoms with Crippen LogP contribution in [-0.2, 0) is 0 Å². The molecule has 3 rings (SSSR count). The number of hydrogen-bond acceptors (Lipinski definition) is 2. The molecule has 1 heterocycles. The van der Waals surface area contributed by atoms with E-state index in [1.165, 1.54) is 43.2 Å². The number of benzene rings is 1. The highest BCUT2D eigenvalue weighted by molar-refractivity contribution is 5.90. The number of nitrogens with zero attached hydrogens (tertiary/aromatic N) is 1. The van der Waals surface area contributed by atoms with Crippen LogP contribution in [0.2, 0.25) is 0 Å². The molecular weight excluding hydrogens is 222 g/mol. The Morgan fingerprint density at radius 2 is 2.17 bits per heavy atom. The molecular formula is C15H21N3. The van der Waals surface area contributed by atoms with E-state index in [1.807, 2.05) is 6.20 Å². The Labute approximate surface area is 108 Å². The van der Waals surface area contributed by atoms with Crippen LogP contribution >= 0.6 is 0 Å². The molecule has 1 aliphatic rings. The fraction of sp³-hybridized carbons (Fsp3) is 0.533. The SMILES string of the molecule is CC1CCCC(Nc2cccc3[nH]ncc23)CC1. The normalized spacial score (nSPS) is 24.9. The second kappa shape index (κ2) is 5.01. The first-order chi connectivity index (χ1) is 8.83. The van der Waals surface area contributed by atoms with Gasteiger partial charge in [0.05, 0.1) is 11.7 Å². The molecule has 1 aliphatic carbocycles. The lowest BCUT2D eigenvalue weighted by Gasteiger charge is -2.18. The van der Waals surface area contributed by atoms with Crippen molar-refractivity contribution in [1.82, 2.24) is 10.2 Å². The first kappa shape index (κ1) is 11.6. The van der Waals surface area contributed by atoms with Gasteiger partial charge in [-0.1, -0.05) is 25.8 Å². The lowest BCUT2D eigenvalue weighted by Crippen LogP contribution is -2.18. The summed E-state index contributed by atoms with van der Waals surface area (Å²) in [6.45, 7) is 2.37. The monoisotopic (exact) mass is 243 g/mol. The molecule has 1 aromatic carbocycles. The molecule has 2 atom stereocenters. The average molecular weight is 243 g/mol. The van der Waals surface area contributed by atoms with Crippen molar-refractivity contribution in [1.29, 1.82) is 0 Å². The molecule has 3 nitrogen and oxygen atoms in total. The summed E-state index contributed by atoms with van der Waals surface area (Å²) >= 11 is 0. The number of nitrogens with one attached hydrogen (secondary N) is 2. The van der Waals surface area contributed by atoms with Gasteiger partial charge in [0.15, 0.2) is 0 Å². The molecule has 0 bridgehead atoms. The number of aromatic nitrogens is 2. The van der Waals surface area contributed by atoms with E-state index in [0.717, 1.165) is 11.4 Å². The van der Waals surface area contributed by atoms with E-state index in [-0.39, 0.29) is 0 Å². The Bertz CT molecular complexity index is 517. The zero-order chi connectivity index (χ0) is 12.4. The maximum atomic E-state index is 4.12. The van der Waals surface area contributed by atoms with Gasteiger partial charge < -0.3 is 5.32 Å². The fourth-order valence-electron chi connectivity index (χ4n) is 2.95. The molecule has 0 saturated heterocycles. The van der Waals surface area contributed by atoms with Crippen molar-refractivity contribution in [3.8, 4) is 0 Å². The highest BCUT2D eigenvalue weighted by Crippen LogP contribution is 2.27. The van der Waals surface area contributed by atoms with Crippen molar-refractivity contribution in [2.24, 2.45) is 5.92 Å². The molecule has 0 spiro atoms. The van der Waals surface area contributed by atoms with E-state index in [1.54, 1.807) is 0 Å². The van der Waals surface area contributed by atoms with E-state index in [4.69, 9.17) is 0 Å². The molecule has 2 N–H and O–H groups in total. The highest BCUT2D eigenvalue weighted by atomic mass is 15.1. The van der Waals surface area contributed by atoms with E-state index < -0.39 is 0 Å². The molecule has 2 aromatic rings. The fourth-order valence-corrected chi connectivity index (χ4v) is 2.95. The van der Waals surface area contributed by atoms with Crippen molar-refractivity contribution in [3.05, 3.63) is 24.4 Å². The molecule has 1 saturated carbocycles. The van der Waals surface area contributed by atoms with Crippen LogP contribution in [0.4, 0.5) is 5.69 Å². The van der Waals surface area contributed by atoms with Crippen LogP contribution in [0.3, 0.4) is 0 Å². The third kappa shape index (κ3) is 2.35. The first-order valence-electron chi connectivity index (χ1n) is 7.01. The minimum absolute atomic E-state index is 0.621. The Balaban J connectivity index is 1.77. The second-order valence-electron chi connectivity index (χ2n) is 5.59. The van der Waals surface area contributed by atoms with Crippen molar-refractivity contribution in [2.75, 3.05) is 5.32 Å². The van der Waals surface area contributed by atoms with E-state index >= 15 is 0 Å². The summed E-state index contributed by atoms with van der Waals surface area (Å²) in [6, 6.07) is 6.94. The van der Waals surface area contributed by atoms with Crippen molar-refractivity contribution < 1.29 is 0 Å². The molecule has 1 fully saturated rings. The van der Waals surface area contributed by atoms with E-state index in [2.05, 4.69) is 40.6 Å². The van der Waals surface area contributed by atoms with Crippen LogP contribution in [0, 0.1) is 5.92 Å². The van der Waals surface area contributed by atoms with Gasteiger partial charge in [0.25, 0.3) is 0 Å². The summed E-state index contributed by atoms with van der Waals surface area (Å²) in [5, 5.41) is 12.1. The van der Waals surface area contributed by atoms with Gasteiger partial charge in [-0.25, -0.2) is 0 Å². The Morgan fingerprint density at radius 1 is 1.22 bits per heavy atom. The van der Waals surface area contributed by atoms with Gasteiger partial charge in [0, 0.05) is 17.1 Å². The van der Waals surface area contributed by atoms with E-state index in [0.29, 0.717) is 6.04 Å². The van der Waals surface area contributed by atoms with Crippen LogP contribution in [0.25, 0.3) is 10.9 Å². The molecule has 0 radical (unpaired) electrons. The molecule has 1 aromatic heterocycles. The van der Waals surface area contributed by atoms with Crippen LogP contribution in [0.1, 0.15) is 39.0 Å².